The van der Waals surface area contributed by atoms with E-state index in [0.29, 0.717) is 5.82 Å². The summed E-state index contributed by atoms with van der Waals surface area (Å²) in [5.74, 6) is -0.108. The standard InChI is InChI=1S/C8H14N2O2/c1-4-5-7(9)10-6(2)8(11)12-3/h5H,4,9H2,1-3H3/b7-5-,10-6+. The maximum Gasteiger partial charge on any atom is 0.352 e. The Balaban J connectivity index is 4.35. The van der Waals surface area contributed by atoms with Crippen molar-refractivity contribution in [2.24, 2.45) is 10.7 Å². The van der Waals surface area contributed by atoms with Gasteiger partial charge in [-0.05, 0) is 19.4 Å². The van der Waals surface area contributed by atoms with Gasteiger partial charge in [-0.25, -0.2) is 9.79 Å². The predicted molar refractivity (Wildman–Crippen MR) is 47.7 cm³/mol. The summed E-state index contributed by atoms with van der Waals surface area (Å²) < 4.78 is 4.44. The number of hydrogen-bond donors (Lipinski definition) is 1. The lowest BCUT2D eigenvalue weighted by Crippen LogP contribution is -2.13. The molecule has 0 atom stereocenters. The Kier molecular flexibility index (Phi) is 4.76. The van der Waals surface area contributed by atoms with Crippen molar-refractivity contribution in [1.82, 2.24) is 0 Å². The molecule has 0 saturated heterocycles. The summed E-state index contributed by atoms with van der Waals surface area (Å²) in [4.78, 5) is 14.6. The number of nitrogens with two attached hydrogens (primary N) is 1. The molecule has 4 nitrogen and oxygen atoms in total. The molecule has 0 aliphatic carbocycles. The van der Waals surface area contributed by atoms with Gasteiger partial charge in [-0.3, -0.25) is 0 Å². The van der Waals surface area contributed by atoms with Crippen LogP contribution in [0.3, 0.4) is 0 Å². The van der Waals surface area contributed by atoms with Gasteiger partial charge in [-0.15, -0.1) is 0 Å². The van der Waals surface area contributed by atoms with Gasteiger partial charge in [0, 0.05) is 0 Å². The summed E-state index contributed by atoms with van der Waals surface area (Å²) in [5, 5.41) is 0. The van der Waals surface area contributed by atoms with Gasteiger partial charge in [0.15, 0.2) is 0 Å². The maximum atomic E-state index is 10.8. The quantitative estimate of drug-likeness (QED) is 0.504. The van der Waals surface area contributed by atoms with E-state index in [1.165, 1.54) is 7.11 Å². The number of hydrogen-bond acceptors (Lipinski definition) is 4. The average molecular weight is 170 g/mol. The summed E-state index contributed by atoms with van der Waals surface area (Å²) in [7, 11) is 1.31. The largest absolute Gasteiger partial charge is 0.465 e. The van der Waals surface area contributed by atoms with Gasteiger partial charge in [0.1, 0.15) is 11.5 Å². The molecule has 0 amide bonds. The Bertz CT molecular complexity index is 219. The number of allylic oxidation sites excluding steroid dienone is 1. The average Bonchev–Trinajstić information content (AvgIpc) is 2.03. The minimum absolute atomic E-state index is 0.264. The van der Waals surface area contributed by atoms with Crippen LogP contribution in [0.1, 0.15) is 20.3 Å². The smallest absolute Gasteiger partial charge is 0.352 e. The molecule has 68 valence electrons. The van der Waals surface area contributed by atoms with Crippen LogP contribution in [0, 0.1) is 0 Å². The Labute approximate surface area is 72.1 Å². The van der Waals surface area contributed by atoms with Gasteiger partial charge < -0.3 is 10.5 Å². The van der Waals surface area contributed by atoms with Gasteiger partial charge in [-0.1, -0.05) is 6.92 Å². The summed E-state index contributed by atoms with van der Waals surface area (Å²) in [6.45, 7) is 3.50. The summed E-state index contributed by atoms with van der Waals surface area (Å²) in [6.07, 6.45) is 2.52. The van der Waals surface area contributed by atoms with E-state index >= 15 is 0 Å². The van der Waals surface area contributed by atoms with Gasteiger partial charge in [-0.2, -0.15) is 0 Å². The summed E-state index contributed by atoms with van der Waals surface area (Å²) in [6, 6.07) is 0. The molecule has 0 aliphatic rings. The van der Waals surface area contributed by atoms with Crippen LogP contribution in [-0.2, 0) is 9.53 Å². The molecule has 0 saturated carbocycles. The minimum atomic E-state index is -0.456. The fourth-order valence-corrected chi connectivity index (χ4v) is 0.642. The van der Waals surface area contributed by atoms with Crippen LogP contribution in [0.4, 0.5) is 0 Å². The molecule has 0 bridgehead atoms. The van der Waals surface area contributed by atoms with Crippen LogP contribution < -0.4 is 5.73 Å². The predicted octanol–water partition coefficient (Wildman–Crippen LogP) is 0.830. The third-order valence-corrected chi connectivity index (χ3v) is 1.19. The van der Waals surface area contributed by atoms with Crippen molar-refractivity contribution >= 4 is 11.7 Å². The number of ether oxygens (including phenoxy) is 1. The van der Waals surface area contributed by atoms with E-state index in [2.05, 4.69) is 9.73 Å². The monoisotopic (exact) mass is 170 g/mol. The summed E-state index contributed by atoms with van der Waals surface area (Å²) in [5.41, 5.74) is 5.71. The van der Waals surface area contributed by atoms with Crippen molar-refractivity contribution in [1.29, 1.82) is 0 Å². The lowest BCUT2D eigenvalue weighted by atomic mass is 10.4. The van der Waals surface area contributed by atoms with Crippen LogP contribution in [0.2, 0.25) is 0 Å². The highest BCUT2D eigenvalue weighted by molar-refractivity contribution is 6.35. The van der Waals surface area contributed by atoms with Crippen LogP contribution >= 0.6 is 0 Å². The second-order valence-electron chi connectivity index (χ2n) is 2.23. The molecule has 0 aliphatic heterocycles. The first-order valence-corrected chi connectivity index (χ1v) is 3.71. The Hall–Kier alpha value is -1.32. The lowest BCUT2D eigenvalue weighted by Gasteiger charge is -1.97. The van der Waals surface area contributed by atoms with E-state index in [1.54, 1.807) is 13.0 Å². The molecule has 0 aromatic rings. The highest BCUT2D eigenvalue weighted by Crippen LogP contribution is 1.92. The molecular weight excluding hydrogens is 156 g/mol. The normalized spacial score (nSPS) is 12.9. The third-order valence-electron chi connectivity index (χ3n) is 1.19. The molecule has 0 heterocycles. The first-order valence-electron chi connectivity index (χ1n) is 3.71. The van der Waals surface area contributed by atoms with Crippen LogP contribution in [0.5, 0.6) is 0 Å². The van der Waals surface area contributed by atoms with Crippen LogP contribution in [0.25, 0.3) is 0 Å². The molecule has 0 spiro atoms. The fourth-order valence-electron chi connectivity index (χ4n) is 0.642. The van der Waals surface area contributed by atoms with E-state index in [0.717, 1.165) is 6.42 Å². The number of esters is 1. The molecule has 0 aromatic heterocycles. The van der Waals surface area contributed by atoms with Gasteiger partial charge in [0.2, 0.25) is 0 Å². The number of nitrogens with zero attached hydrogens (tertiary/aromatic N) is 1. The molecular formula is C8H14N2O2. The van der Waals surface area contributed by atoms with E-state index < -0.39 is 5.97 Å². The zero-order valence-corrected chi connectivity index (χ0v) is 7.63. The second kappa shape index (κ2) is 5.35. The maximum absolute atomic E-state index is 10.8. The highest BCUT2D eigenvalue weighted by Gasteiger charge is 2.03. The SMILES string of the molecule is CC/C=C(N)\N=C(/C)C(=O)OC. The van der Waals surface area contributed by atoms with Crippen molar-refractivity contribution in [3.8, 4) is 0 Å². The molecule has 0 aromatic carbocycles. The first-order chi connectivity index (χ1) is 5.61. The minimum Gasteiger partial charge on any atom is -0.465 e. The number of methoxy groups -OCH3 is 1. The molecule has 0 rings (SSSR count). The zero-order valence-electron chi connectivity index (χ0n) is 7.63. The van der Waals surface area contributed by atoms with Crippen LogP contribution in [0.15, 0.2) is 16.9 Å². The van der Waals surface area contributed by atoms with Crippen molar-refractivity contribution in [3.05, 3.63) is 11.9 Å². The van der Waals surface area contributed by atoms with Crippen molar-refractivity contribution < 1.29 is 9.53 Å². The lowest BCUT2D eigenvalue weighted by molar-refractivity contribution is -0.132. The Morgan fingerprint density at radius 3 is 2.67 bits per heavy atom. The van der Waals surface area contributed by atoms with E-state index in [4.69, 9.17) is 5.73 Å². The van der Waals surface area contributed by atoms with Crippen molar-refractivity contribution in [3.63, 3.8) is 0 Å². The zero-order chi connectivity index (χ0) is 9.56. The van der Waals surface area contributed by atoms with E-state index in [1.807, 2.05) is 6.92 Å². The Morgan fingerprint density at radius 2 is 2.25 bits per heavy atom. The van der Waals surface area contributed by atoms with Gasteiger partial charge in [0.25, 0.3) is 0 Å². The highest BCUT2D eigenvalue weighted by atomic mass is 16.5. The number of aliphatic imine (C=N–C) groups is 1. The summed E-state index contributed by atoms with van der Waals surface area (Å²) >= 11 is 0. The molecule has 4 heteroatoms. The van der Waals surface area contributed by atoms with E-state index in [-0.39, 0.29) is 5.71 Å². The number of rotatable bonds is 3. The number of carbonyl (C=O) groups is 1. The van der Waals surface area contributed by atoms with Crippen molar-refractivity contribution in [2.75, 3.05) is 7.11 Å². The molecule has 0 radical (unpaired) electrons. The van der Waals surface area contributed by atoms with Gasteiger partial charge in [0.05, 0.1) is 7.11 Å². The number of carbonyl (C=O) groups excluding carboxylic acids is 1. The molecule has 0 unspecified atom stereocenters. The third kappa shape index (κ3) is 3.75. The molecule has 12 heavy (non-hydrogen) atoms. The van der Waals surface area contributed by atoms with Crippen molar-refractivity contribution in [2.45, 2.75) is 20.3 Å². The topological polar surface area (TPSA) is 64.7 Å². The van der Waals surface area contributed by atoms with E-state index in [9.17, 15) is 4.79 Å². The molecule has 0 fully saturated rings. The van der Waals surface area contributed by atoms with Gasteiger partial charge >= 0.3 is 5.97 Å². The molecule has 2 N–H and O–H groups in total. The Morgan fingerprint density at radius 1 is 1.67 bits per heavy atom. The fraction of sp³-hybridized carbons (Fsp3) is 0.500. The second-order valence-corrected chi connectivity index (χ2v) is 2.23. The first kappa shape index (κ1) is 10.7. The van der Waals surface area contributed by atoms with Crippen LogP contribution in [-0.4, -0.2) is 18.8 Å².